The molecule has 0 saturated carbocycles. The van der Waals surface area contributed by atoms with Crippen molar-refractivity contribution in [2.45, 2.75) is 24.9 Å². The average molecular weight is 487 g/mol. The molecule has 0 aliphatic heterocycles. The normalized spacial score (nSPS) is 11.1. The van der Waals surface area contributed by atoms with Gasteiger partial charge in [0, 0.05) is 13.6 Å². The van der Waals surface area contributed by atoms with Crippen molar-refractivity contribution in [3.8, 4) is 5.75 Å². The number of carbonyl (C=O) groups excluding carboxylic acids is 2. The van der Waals surface area contributed by atoms with Crippen molar-refractivity contribution in [1.82, 2.24) is 9.62 Å². The predicted octanol–water partition coefficient (Wildman–Crippen LogP) is 2.97. The predicted molar refractivity (Wildman–Crippen MR) is 124 cm³/mol. The second-order valence-corrected chi connectivity index (χ2v) is 9.10. The first-order chi connectivity index (χ1) is 16.3. The zero-order valence-corrected chi connectivity index (χ0v) is 19.7. The van der Waals surface area contributed by atoms with Crippen LogP contribution in [0.5, 0.6) is 5.75 Å². The number of nitrogens with one attached hydrogen (secondary N) is 1. The summed E-state index contributed by atoms with van der Waals surface area (Å²) in [6, 6.07) is 15.9. The molecule has 0 fully saturated rings. The number of esters is 1. The highest BCUT2D eigenvalue weighted by Crippen LogP contribution is 2.14. The van der Waals surface area contributed by atoms with E-state index in [1.54, 1.807) is 19.2 Å². The van der Waals surface area contributed by atoms with Crippen molar-refractivity contribution in [2.75, 3.05) is 20.3 Å². The number of benzene rings is 2. The maximum absolute atomic E-state index is 12.4. The van der Waals surface area contributed by atoms with Crippen LogP contribution in [0.15, 0.2) is 76.2 Å². The van der Waals surface area contributed by atoms with Crippen molar-refractivity contribution in [2.24, 2.45) is 0 Å². The molecule has 0 aliphatic rings. The van der Waals surface area contributed by atoms with Crippen molar-refractivity contribution in [3.63, 3.8) is 0 Å². The van der Waals surface area contributed by atoms with Crippen LogP contribution in [0.3, 0.4) is 0 Å². The minimum absolute atomic E-state index is 0.00537. The fraction of sp³-hybridized carbons (Fsp3) is 0.250. The Morgan fingerprint density at radius 3 is 2.35 bits per heavy atom. The Morgan fingerprint density at radius 2 is 1.74 bits per heavy atom. The Hall–Kier alpha value is -3.63. The smallest absolute Gasteiger partial charge is 0.338 e. The van der Waals surface area contributed by atoms with Gasteiger partial charge in [0.1, 0.15) is 11.5 Å². The minimum Gasteiger partial charge on any atom is -0.494 e. The third kappa shape index (κ3) is 6.93. The molecule has 3 rings (SSSR count). The molecule has 0 aliphatic carbocycles. The van der Waals surface area contributed by atoms with E-state index in [1.165, 1.54) is 35.4 Å². The van der Waals surface area contributed by atoms with Crippen LogP contribution in [0.1, 0.15) is 28.6 Å². The molecular formula is C24H26N2O7S. The Bertz CT molecular complexity index is 1190. The number of amides is 1. The third-order valence-electron chi connectivity index (χ3n) is 4.82. The van der Waals surface area contributed by atoms with Crippen molar-refractivity contribution < 1.29 is 31.9 Å². The zero-order valence-electron chi connectivity index (χ0n) is 18.9. The van der Waals surface area contributed by atoms with E-state index in [1.807, 2.05) is 31.2 Å². The van der Waals surface area contributed by atoms with E-state index in [2.05, 4.69) is 4.72 Å². The molecule has 9 nitrogen and oxygen atoms in total. The molecule has 10 heteroatoms. The van der Waals surface area contributed by atoms with E-state index in [4.69, 9.17) is 13.9 Å². The zero-order chi connectivity index (χ0) is 24.6. The molecule has 1 amide bonds. The van der Waals surface area contributed by atoms with E-state index < -0.39 is 22.6 Å². The first-order valence-corrected chi connectivity index (χ1v) is 12.0. The van der Waals surface area contributed by atoms with Gasteiger partial charge in [0.2, 0.25) is 10.0 Å². The van der Waals surface area contributed by atoms with Gasteiger partial charge in [-0.3, -0.25) is 4.79 Å². The lowest BCUT2D eigenvalue weighted by Gasteiger charge is -2.17. The van der Waals surface area contributed by atoms with Crippen LogP contribution < -0.4 is 9.46 Å². The quantitative estimate of drug-likeness (QED) is 0.414. The molecule has 1 heterocycles. The summed E-state index contributed by atoms with van der Waals surface area (Å²) in [6.45, 7) is 2.40. The van der Waals surface area contributed by atoms with E-state index >= 15 is 0 Å². The molecule has 0 saturated heterocycles. The number of rotatable bonds is 11. The molecule has 0 spiro atoms. The maximum Gasteiger partial charge on any atom is 0.338 e. The summed E-state index contributed by atoms with van der Waals surface area (Å²) in [6.07, 6.45) is 1.45. The first kappa shape index (κ1) is 25.0. The molecule has 2 aromatic carbocycles. The molecule has 34 heavy (non-hydrogen) atoms. The standard InChI is InChI=1S/C24H26N2O7S/c1-3-31-20-10-6-18(7-11-20)16-26(2)23(27)17-33-24(28)19-8-12-22(13-9-19)34(29,30)25-15-21-5-4-14-32-21/h4-14,25H,3,15-17H2,1-2H3. The van der Waals surface area contributed by atoms with Crippen LogP contribution >= 0.6 is 0 Å². The summed E-state index contributed by atoms with van der Waals surface area (Å²) in [4.78, 5) is 26.1. The van der Waals surface area contributed by atoms with Gasteiger partial charge in [0.05, 0.1) is 29.9 Å². The first-order valence-electron chi connectivity index (χ1n) is 10.5. The van der Waals surface area contributed by atoms with Crippen LogP contribution in [-0.4, -0.2) is 45.5 Å². The Kier molecular flexibility index (Phi) is 8.44. The summed E-state index contributed by atoms with van der Waals surface area (Å²) in [5.41, 5.74) is 1.04. The average Bonchev–Trinajstić information content (AvgIpc) is 3.36. The van der Waals surface area contributed by atoms with E-state index in [-0.39, 0.29) is 22.9 Å². The molecule has 0 radical (unpaired) electrons. The second kappa shape index (κ2) is 11.5. The highest BCUT2D eigenvalue weighted by atomic mass is 32.2. The van der Waals surface area contributed by atoms with E-state index in [0.29, 0.717) is 18.9 Å². The third-order valence-corrected chi connectivity index (χ3v) is 6.24. The maximum atomic E-state index is 12.4. The van der Waals surface area contributed by atoms with Crippen LogP contribution in [-0.2, 0) is 32.6 Å². The van der Waals surface area contributed by atoms with Gasteiger partial charge < -0.3 is 18.8 Å². The van der Waals surface area contributed by atoms with Gasteiger partial charge in [-0.1, -0.05) is 12.1 Å². The van der Waals surface area contributed by atoms with Gasteiger partial charge in [0.25, 0.3) is 5.91 Å². The van der Waals surface area contributed by atoms with Crippen molar-refractivity contribution >= 4 is 21.9 Å². The van der Waals surface area contributed by atoms with Crippen LogP contribution in [0.4, 0.5) is 0 Å². The lowest BCUT2D eigenvalue weighted by molar-refractivity contribution is -0.133. The molecule has 0 unspecified atom stereocenters. The molecule has 180 valence electrons. The Morgan fingerprint density at radius 1 is 1.03 bits per heavy atom. The van der Waals surface area contributed by atoms with E-state index in [0.717, 1.165) is 11.3 Å². The van der Waals surface area contributed by atoms with Gasteiger partial charge in [-0.05, 0) is 61.0 Å². The Balaban J connectivity index is 1.49. The number of ether oxygens (including phenoxy) is 2. The number of furan rings is 1. The second-order valence-electron chi connectivity index (χ2n) is 7.33. The van der Waals surface area contributed by atoms with E-state index in [9.17, 15) is 18.0 Å². The molecular weight excluding hydrogens is 460 g/mol. The topological polar surface area (TPSA) is 115 Å². The summed E-state index contributed by atoms with van der Waals surface area (Å²) >= 11 is 0. The number of hydrogen-bond donors (Lipinski definition) is 1. The summed E-state index contributed by atoms with van der Waals surface area (Å²) in [7, 11) is -2.17. The molecule has 0 bridgehead atoms. The van der Waals surface area contributed by atoms with Gasteiger partial charge in [-0.2, -0.15) is 0 Å². The SMILES string of the molecule is CCOc1ccc(CN(C)C(=O)COC(=O)c2ccc(S(=O)(=O)NCc3ccco3)cc2)cc1. The Labute approximate surface area is 198 Å². The molecule has 1 N–H and O–H groups in total. The van der Waals surface area contributed by atoms with Gasteiger partial charge >= 0.3 is 5.97 Å². The van der Waals surface area contributed by atoms with Crippen molar-refractivity contribution in [1.29, 1.82) is 0 Å². The fourth-order valence-electron chi connectivity index (χ4n) is 2.97. The molecule has 1 aromatic heterocycles. The van der Waals surface area contributed by atoms with Crippen molar-refractivity contribution in [3.05, 3.63) is 83.8 Å². The largest absolute Gasteiger partial charge is 0.494 e. The number of hydrogen-bond acceptors (Lipinski definition) is 7. The fourth-order valence-corrected chi connectivity index (χ4v) is 3.97. The summed E-state index contributed by atoms with van der Waals surface area (Å²) < 4.78 is 42.8. The van der Waals surface area contributed by atoms with Gasteiger partial charge in [-0.15, -0.1) is 0 Å². The number of nitrogens with zero attached hydrogens (tertiary/aromatic N) is 1. The highest BCUT2D eigenvalue weighted by Gasteiger charge is 2.17. The lowest BCUT2D eigenvalue weighted by atomic mass is 10.2. The monoisotopic (exact) mass is 486 g/mol. The molecule has 3 aromatic rings. The number of carbonyl (C=O) groups is 2. The highest BCUT2D eigenvalue weighted by molar-refractivity contribution is 7.89. The summed E-state index contributed by atoms with van der Waals surface area (Å²) in [5, 5.41) is 0. The van der Waals surface area contributed by atoms with Crippen LogP contribution in [0.25, 0.3) is 0 Å². The van der Waals surface area contributed by atoms with Crippen LogP contribution in [0.2, 0.25) is 0 Å². The van der Waals surface area contributed by atoms with Crippen LogP contribution in [0, 0.1) is 0 Å². The lowest BCUT2D eigenvalue weighted by Crippen LogP contribution is -2.30. The molecule has 0 atom stereocenters. The summed E-state index contributed by atoms with van der Waals surface area (Å²) in [5.74, 6) is 0.126. The number of sulfonamides is 1. The van der Waals surface area contributed by atoms with Gasteiger partial charge in [-0.25, -0.2) is 17.9 Å². The van der Waals surface area contributed by atoms with Gasteiger partial charge in [0.15, 0.2) is 6.61 Å². The minimum atomic E-state index is -3.78. The number of likely N-dealkylation sites (N-methyl/N-ethyl adjacent to an activating group) is 1.